The monoisotopic (exact) mass is 436 g/mol. The fourth-order valence-corrected chi connectivity index (χ4v) is 3.44. The number of rotatable bonds is 6. The molecular formula is C21H22Cl2N2O4. The zero-order valence-corrected chi connectivity index (χ0v) is 17.6. The highest BCUT2D eigenvalue weighted by atomic mass is 35.5. The van der Waals surface area contributed by atoms with E-state index in [-0.39, 0.29) is 18.4 Å². The summed E-state index contributed by atoms with van der Waals surface area (Å²) < 4.78 is 11.1. The first-order valence-corrected chi connectivity index (χ1v) is 10.1. The van der Waals surface area contributed by atoms with Gasteiger partial charge in [-0.2, -0.15) is 0 Å². The topological polar surface area (TPSA) is 59.1 Å². The minimum Gasteiger partial charge on any atom is -0.490 e. The van der Waals surface area contributed by atoms with Gasteiger partial charge in [0, 0.05) is 31.2 Å². The molecule has 0 aliphatic carbocycles. The molecule has 29 heavy (non-hydrogen) atoms. The normalized spacial score (nSPS) is 13.9. The van der Waals surface area contributed by atoms with Crippen molar-refractivity contribution in [2.45, 2.75) is 6.92 Å². The summed E-state index contributed by atoms with van der Waals surface area (Å²) in [7, 11) is 0. The van der Waals surface area contributed by atoms with Crippen LogP contribution in [-0.2, 0) is 4.79 Å². The molecule has 1 aliphatic heterocycles. The summed E-state index contributed by atoms with van der Waals surface area (Å²) >= 11 is 12.1. The van der Waals surface area contributed by atoms with Gasteiger partial charge >= 0.3 is 0 Å². The number of hydrogen-bond acceptors (Lipinski definition) is 4. The SMILES string of the molecule is CCOc1ccccc1OCC(=O)N1CCN(C(=O)c2cc(Cl)ccc2Cl)CC1. The predicted octanol–water partition coefficient (Wildman–Crippen LogP) is 3.76. The van der Waals surface area contributed by atoms with Crippen LogP contribution in [-0.4, -0.2) is 61.0 Å². The summed E-state index contributed by atoms with van der Waals surface area (Å²) in [6.07, 6.45) is 0. The fourth-order valence-electron chi connectivity index (χ4n) is 3.07. The average molecular weight is 437 g/mol. The van der Waals surface area contributed by atoms with Crippen molar-refractivity contribution in [2.24, 2.45) is 0 Å². The maximum Gasteiger partial charge on any atom is 0.260 e. The molecular weight excluding hydrogens is 415 g/mol. The second-order valence-corrected chi connectivity index (χ2v) is 7.31. The second kappa shape index (κ2) is 9.85. The molecule has 1 aliphatic rings. The van der Waals surface area contributed by atoms with E-state index in [0.29, 0.717) is 59.9 Å². The van der Waals surface area contributed by atoms with Crippen LogP contribution in [0.25, 0.3) is 0 Å². The first kappa shape index (κ1) is 21.3. The smallest absolute Gasteiger partial charge is 0.260 e. The van der Waals surface area contributed by atoms with Gasteiger partial charge in [0.1, 0.15) is 0 Å². The number of hydrogen-bond donors (Lipinski definition) is 0. The van der Waals surface area contributed by atoms with Crippen LogP contribution in [0.4, 0.5) is 0 Å². The van der Waals surface area contributed by atoms with Crippen LogP contribution in [0.3, 0.4) is 0 Å². The lowest BCUT2D eigenvalue weighted by Gasteiger charge is -2.35. The van der Waals surface area contributed by atoms with Crippen molar-refractivity contribution >= 4 is 35.0 Å². The van der Waals surface area contributed by atoms with Gasteiger partial charge in [-0.05, 0) is 37.3 Å². The maximum atomic E-state index is 12.7. The lowest BCUT2D eigenvalue weighted by atomic mass is 10.1. The number of nitrogens with zero attached hydrogens (tertiary/aromatic N) is 2. The molecule has 1 saturated heterocycles. The largest absolute Gasteiger partial charge is 0.490 e. The van der Waals surface area contributed by atoms with E-state index in [4.69, 9.17) is 32.7 Å². The molecule has 154 valence electrons. The Morgan fingerprint density at radius 3 is 2.21 bits per heavy atom. The average Bonchev–Trinajstić information content (AvgIpc) is 2.74. The van der Waals surface area contributed by atoms with Crippen molar-refractivity contribution < 1.29 is 19.1 Å². The van der Waals surface area contributed by atoms with Gasteiger partial charge in [0.25, 0.3) is 11.8 Å². The summed E-state index contributed by atoms with van der Waals surface area (Å²) in [6.45, 7) is 4.02. The van der Waals surface area contributed by atoms with E-state index in [1.165, 1.54) is 0 Å². The summed E-state index contributed by atoms with van der Waals surface area (Å²) in [5.74, 6) is 0.819. The van der Waals surface area contributed by atoms with Crippen molar-refractivity contribution in [3.8, 4) is 11.5 Å². The van der Waals surface area contributed by atoms with E-state index in [9.17, 15) is 9.59 Å². The fraction of sp³-hybridized carbons (Fsp3) is 0.333. The molecule has 2 aromatic carbocycles. The minimum atomic E-state index is -0.188. The van der Waals surface area contributed by atoms with Crippen LogP contribution in [0, 0.1) is 0 Å². The number of amides is 2. The van der Waals surface area contributed by atoms with Crippen molar-refractivity contribution in [3.05, 3.63) is 58.1 Å². The Bertz CT molecular complexity index is 883. The molecule has 0 radical (unpaired) electrons. The van der Waals surface area contributed by atoms with Crippen LogP contribution in [0.5, 0.6) is 11.5 Å². The number of carbonyl (C=O) groups is 2. The quantitative estimate of drug-likeness (QED) is 0.691. The van der Waals surface area contributed by atoms with Crippen LogP contribution in [0.15, 0.2) is 42.5 Å². The van der Waals surface area contributed by atoms with Gasteiger partial charge in [0.2, 0.25) is 0 Å². The van der Waals surface area contributed by atoms with E-state index in [1.807, 2.05) is 19.1 Å². The first-order chi connectivity index (χ1) is 14.0. The molecule has 0 bridgehead atoms. The van der Waals surface area contributed by atoms with Crippen LogP contribution < -0.4 is 9.47 Å². The van der Waals surface area contributed by atoms with E-state index >= 15 is 0 Å². The third-order valence-corrected chi connectivity index (χ3v) is 5.14. The number of piperazine rings is 1. The lowest BCUT2D eigenvalue weighted by molar-refractivity contribution is -0.134. The molecule has 2 amide bonds. The summed E-state index contributed by atoms with van der Waals surface area (Å²) in [5.41, 5.74) is 0.370. The van der Waals surface area contributed by atoms with Crippen molar-refractivity contribution in [2.75, 3.05) is 39.4 Å². The van der Waals surface area contributed by atoms with E-state index < -0.39 is 0 Å². The number of carbonyl (C=O) groups excluding carboxylic acids is 2. The number of ether oxygens (including phenoxy) is 2. The molecule has 3 rings (SSSR count). The highest BCUT2D eigenvalue weighted by molar-refractivity contribution is 6.35. The Balaban J connectivity index is 1.53. The van der Waals surface area contributed by atoms with Gasteiger partial charge in [0.05, 0.1) is 17.2 Å². The highest BCUT2D eigenvalue weighted by Crippen LogP contribution is 2.26. The Labute approximate surface area is 179 Å². The molecule has 0 unspecified atom stereocenters. The Kier molecular flexibility index (Phi) is 7.23. The van der Waals surface area contributed by atoms with Gasteiger partial charge in [-0.1, -0.05) is 35.3 Å². The molecule has 6 nitrogen and oxygen atoms in total. The highest BCUT2D eigenvalue weighted by Gasteiger charge is 2.26. The zero-order chi connectivity index (χ0) is 20.8. The number of benzene rings is 2. The standard InChI is InChI=1S/C21H22Cl2N2O4/c1-2-28-18-5-3-4-6-19(18)29-14-20(26)24-9-11-25(12-10-24)21(27)16-13-15(22)7-8-17(16)23/h3-8,13H,2,9-12,14H2,1H3. The third kappa shape index (κ3) is 5.34. The Morgan fingerprint density at radius 1 is 0.931 bits per heavy atom. The van der Waals surface area contributed by atoms with Gasteiger partial charge in [-0.15, -0.1) is 0 Å². The van der Waals surface area contributed by atoms with Crippen LogP contribution in [0.1, 0.15) is 17.3 Å². The maximum absolute atomic E-state index is 12.7. The Morgan fingerprint density at radius 2 is 1.55 bits per heavy atom. The first-order valence-electron chi connectivity index (χ1n) is 9.36. The van der Waals surface area contributed by atoms with E-state index in [0.717, 1.165) is 0 Å². The molecule has 0 atom stereocenters. The van der Waals surface area contributed by atoms with Gasteiger partial charge in [-0.25, -0.2) is 0 Å². The van der Waals surface area contributed by atoms with Crippen molar-refractivity contribution in [3.63, 3.8) is 0 Å². The van der Waals surface area contributed by atoms with Gasteiger partial charge in [0.15, 0.2) is 18.1 Å². The summed E-state index contributed by atoms with van der Waals surface area (Å²) in [5, 5.41) is 0.815. The lowest BCUT2D eigenvalue weighted by Crippen LogP contribution is -2.51. The molecule has 8 heteroatoms. The molecule has 0 spiro atoms. The zero-order valence-electron chi connectivity index (χ0n) is 16.1. The predicted molar refractivity (Wildman–Crippen MR) is 112 cm³/mol. The Hall–Kier alpha value is -2.44. The molecule has 0 saturated carbocycles. The van der Waals surface area contributed by atoms with Crippen LogP contribution >= 0.6 is 23.2 Å². The molecule has 2 aromatic rings. The van der Waals surface area contributed by atoms with E-state index in [1.54, 1.807) is 40.1 Å². The molecule has 1 heterocycles. The molecule has 1 fully saturated rings. The summed E-state index contributed by atoms with van der Waals surface area (Å²) in [6, 6.07) is 12.1. The van der Waals surface area contributed by atoms with Crippen LogP contribution in [0.2, 0.25) is 10.0 Å². The summed E-state index contributed by atoms with van der Waals surface area (Å²) in [4.78, 5) is 28.6. The molecule has 0 aromatic heterocycles. The van der Waals surface area contributed by atoms with Gasteiger partial charge < -0.3 is 19.3 Å². The second-order valence-electron chi connectivity index (χ2n) is 6.47. The van der Waals surface area contributed by atoms with Crippen molar-refractivity contribution in [1.82, 2.24) is 9.80 Å². The minimum absolute atomic E-state index is 0.0852. The number of para-hydroxylation sites is 2. The molecule has 0 N–H and O–H groups in total. The van der Waals surface area contributed by atoms with Gasteiger partial charge in [-0.3, -0.25) is 9.59 Å². The van der Waals surface area contributed by atoms with Crippen molar-refractivity contribution in [1.29, 1.82) is 0 Å². The van der Waals surface area contributed by atoms with E-state index in [2.05, 4.69) is 0 Å². The third-order valence-electron chi connectivity index (χ3n) is 4.58. The number of halogens is 2.